The zero-order valence-electron chi connectivity index (χ0n) is 9.86. The van der Waals surface area contributed by atoms with Crippen LogP contribution in [0.25, 0.3) is 11.0 Å². The third-order valence-electron chi connectivity index (χ3n) is 3.01. The minimum Gasteiger partial charge on any atom is -0.304 e. The van der Waals surface area contributed by atoms with Gasteiger partial charge in [-0.25, -0.2) is 9.18 Å². The largest absolute Gasteiger partial charge is 0.326 e. The molecule has 0 unspecified atom stereocenters. The lowest BCUT2D eigenvalue weighted by Gasteiger charge is -2.03. The summed E-state index contributed by atoms with van der Waals surface area (Å²) in [5.41, 5.74) is 1.98. The average molecular weight is 277 g/mol. The molecule has 3 aromatic rings. The third kappa shape index (κ3) is 2.15. The van der Waals surface area contributed by atoms with Gasteiger partial charge in [0.25, 0.3) is 0 Å². The fraction of sp³-hybridized carbons (Fsp3) is 0.0714. The van der Waals surface area contributed by atoms with E-state index < -0.39 is 0 Å². The van der Waals surface area contributed by atoms with Crippen LogP contribution in [-0.4, -0.2) is 9.55 Å². The minimum atomic E-state index is -0.293. The van der Waals surface area contributed by atoms with Crippen LogP contribution in [0.15, 0.2) is 47.3 Å². The summed E-state index contributed by atoms with van der Waals surface area (Å²) in [6.07, 6.45) is 0. The van der Waals surface area contributed by atoms with Crippen LogP contribution in [0.3, 0.4) is 0 Å². The second-order valence-electron chi connectivity index (χ2n) is 4.28. The van der Waals surface area contributed by atoms with Gasteiger partial charge in [-0.2, -0.15) is 0 Å². The number of H-pyrrole nitrogens is 1. The Morgan fingerprint density at radius 2 is 1.89 bits per heavy atom. The van der Waals surface area contributed by atoms with Crippen molar-refractivity contribution in [3.63, 3.8) is 0 Å². The maximum atomic E-state index is 12.9. The summed E-state index contributed by atoms with van der Waals surface area (Å²) in [7, 11) is 0. The van der Waals surface area contributed by atoms with E-state index in [1.807, 2.05) is 6.07 Å². The predicted octanol–water partition coefficient (Wildman–Crippen LogP) is 3.17. The number of halogens is 2. The molecule has 0 atom stereocenters. The monoisotopic (exact) mass is 276 g/mol. The van der Waals surface area contributed by atoms with Crippen LogP contribution < -0.4 is 5.69 Å². The zero-order chi connectivity index (χ0) is 13.4. The van der Waals surface area contributed by atoms with Gasteiger partial charge in [0.05, 0.1) is 22.6 Å². The molecule has 0 fully saturated rings. The highest BCUT2D eigenvalue weighted by Gasteiger charge is 2.09. The van der Waals surface area contributed by atoms with E-state index in [0.717, 1.165) is 11.1 Å². The second kappa shape index (κ2) is 4.55. The van der Waals surface area contributed by atoms with Crippen LogP contribution in [0, 0.1) is 5.82 Å². The maximum absolute atomic E-state index is 12.9. The molecular formula is C14H10ClFN2O. The highest BCUT2D eigenvalue weighted by Crippen LogP contribution is 2.20. The van der Waals surface area contributed by atoms with Crippen LogP contribution in [-0.2, 0) is 6.54 Å². The first-order chi connectivity index (χ1) is 9.15. The summed E-state index contributed by atoms with van der Waals surface area (Å²) in [4.78, 5) is 14.7. The van der Waals surface area contributed by atoms with E-state index in [1.165, 1.54) is 12.1 Å². The lowest BCUT2D eigenvalue weighted by Crippen LogP contribution is -2.17. The Morgan fingerprint density at radius 1 is 1.16 bits per heavy atom. The number of aromatic nitrogens is 2. The van der Waals surface area contributed by atoms with E-state index in [9.17, 15) is 9.18 Å². The number of imidazole rings is 1. The van der Waals surface area contributed by atoms with Gasteiger partial charge in [0, 0.05) is 0 Å². The number of hydrogen-bond donors (Lipinski definition) is 1. The molecule has 3 nitrogen and oxygen atoms in total. The zero-order valence-corrected chi connectivity index (χ0v) is 10.6. The average Bonchev–Trinajstić information content (AvgIpc) is 2.71. The van der Waals surface area contributed by atoms with Crippen LogP contribution in [0.5, 0.6) is 0 Å². The standard InChI is InChI=1S/C14H10ClFN2O/c15-11-2-1-3-12-13(11)17-14(19)18(12)8-9-4-6-10(16)7-5-9/h1-7H,8H2,(H,17,19). The van der Waals surface area contributed by atoms with Gasteiger partial charge in [0.15, 0.2) is 0 Å². The number of benzene rings is 2. The fourth-order valence-corrected chi connectivity index (χ4v) is 2.29. The Balaban J connectivity index is 2.10. The number of rotatable bonds is 2. The van der Waals surface area contributed by atoms with Crippen molar-refractivity contribution in [2.24, 2.45) is 0 Å². The van der Waals surface area contributed by atoms with Crippen molar-refractivity contribution in [1.82, 2.24) is 9.55 Å². The molecular weight excluding hydrogens is 267 g/mol. The van der Waals surface area contributed by atoms with Crippen molar-refractivity contribution in [1.29, 1.82) is 0 Å². The first-order valence-electron chi connectivity index (χ1n) is 5.76. The number of aromatic amines is 1. The van der Waals surface area contributed by atoms with Gasteiger partial charge in [0.1, 0.15) is 5.82 Å². The van der Waals surface area contributed by atoms with Gasteiger partial charge < -0.3 is 4.98 Å². The Kier molecular flexibility index (Phi) is 2.87. The summed E-state index contributed by atoms with van der Waals surface area (Å²) in [6.45, 7) is 0.374. The summed E-state index contributed by atoms with van der Waals surface area (Å²) in [5, 5.41) is 0.507. The normalized spacial score (nSPS) is 11.1. The Morgan fingerprint density at radius 3 is 2.63 bits per heavy atom. The smallest absolute Gasteiger partial charge is 0.304 e. The van der Waals surface area contributed by atoms with E-state index in [1.54, 1.807) is 28.8 Å². The van der Waals surface area contributed by atoms with Gasteiger partial charge >= 0.3 is 5.69 Å². The molecule has 1 aromatic heterocycles. The molecule has 2 aromatic carbocycles. The van der Waals surface area contributed by atoms with E-state index in [2.05, 4.69) is 4.98 Å². The van der Waals surface area contributed by atoms with Gasteiger partial charge in [-0.1, -0.05) is 29.8 Å². The SMILES string of the molecule is O=c1[nH]c2c(Cl)cccc2n1Cc1ccc(F)cc1. The minimum absolute atomic E-state index is 0.229. The molecule has 0 aliphatic heterocycles. The molecule has 0 aliphatic rings. The molecule has 0 saturated carbocycles. The van der Waals surface area contributed by atoms with Crippen molar-refractivity contribution < 1.29 is 4.39 Å². The molecule has 0 amide bonds. The summed E-state index contributed by atoms with van der Waals surface area (Å²) in [5.74, 6) is -0.293. The lowest BCUT2D eigenvalue weighted by molar-refractivity contribution is 0.626. The highest BCUT2D eigenvalue weighted by molar-refractivity contribution is 6.34. The molecule has 0 saturated heterocycles. The Labute approximate surface area is 113 Å². The van der Waals surface area contributed by atoms with Crippen molar-refractivity contribution >= 4 is 22.6 Å². The van der Waals surface area contributed by atoms with E-state index >= 15 is 0 Å². The lowest BCUT2D eigenvalue weighted by atomic mass is 10.2. The number of nitrogens with one attached hydrogen (secondary N) is 1. The highest BCUT2D eigenvalue weighted by atomic mass is 35.5. The summed E-state index contributed by atoms with van der Waals surface area (Å²) < 4.78 is 14.4. The van der Waals surface area contributed by atoms with Crippen molar-refractivity contribution in [2.75, 3.05) is 0 Å². The molecule has 96 valence electrons. The maximum Gasteiger partial charge on any atom is 0.326 e. The molecule has 0 bridgehead atoms. The van der Waals surface area contributed by atoms with E-state index in [0.29, 0.717) is 17.1 Å². The molecule has 0 aliphatic carbocycles. The number of hydrogen-bond acceptors (Lipinski definition) is 1. The van der Waals surface area contributed by atoms with Crippen molar-refractivity contribution in [2.45, 2.75) is 6.54 Å². The quantitative estimate of drug-likeness (QED) is 0.767. The van der Waals surface area contributed by atoms with Gasteiger partial charge in [0.2, 0.25) is 0 Å². The first-order valence-corrected chi connectivity index (χ1v) is 6.14. The third-order valence-corrected chi connectivity index (χ3v) is 3.33. The van der Waals surface area contributed by atoms with E-state index in [4.69, 9.17) is 11.6 Å². The molecule has 0 radical (unpaired) electrons. The summed E-state index contributed by atoms with van der Waals surface area (Å²) >= 11 is 6.03. The van der Waals surface area contributed by atoms with Gasteiger partial charge in [-0.05, 0) is 29.8 Å². The summed E-state index contributed by atoms with van der Waals surface area (Å²) in [6, 6.07) is 11.4. The molecule has 19 heavy (non-hydrogen) atoms. The predicted molar refractivity (Wildman–Crippen MR) is 73.1 cm³/mol. The molecule has 3 rings (SSSR count). The van der Waals surface area contributed by atoms with Crippen molar-refractivity contribution in [3.05, 3.63) is 69.4 Å². The number of para-hydroxylation sites is 1. The molecule has 0 spiro atoms. The van der Waals surface area contributed by atoms with Crippen LogP contribution in [0.4, 0.5) is 4.39 Å². The first kappa shape index (κ1) is 12.0. The topological polar surface area (TPSA) is 37.8 Å². The van der Waals surface area contributed by atoms with E-state index in [-0.39, 0.29) is 11.5 Å². The number of nitrogens with zero attached hydrogens (tertiary/aromatic N) is 1. The van der Waals surface area contributed by atoms with Crippen molar-refractivity contribution in [3.8, 4) is 0 Å². The Hall–Kier alpha value is -2.07. The fourth-order valence-electron chi connectivity index (χ4n) is 2.07. The van der Waals surface area contributed by atoms with Gasteiger partial charge in [-0.3, -0.25) is 4.57 Å². The Bertz CT molecular complexity index is 789. The molecule has 1 N–H and O–H groups in total. The number of fused-ring (bicyclic) bond motifs is 1. The van der Waals surface area contributed by atoms with Crippen LogP contribution >= 0.6 is 11.6 Å². The van der Waals surface area contributed by atoms with Crippen LogP contribution in [0.2, 0.25) is 5.02 Å². The van der Waals surface area contributed by atoms with Gasteiger partial charge in [-0.15, -0.1) is 0 Å². The molecule has 5 heteroatoms. The second-order valence-corrected chi connectivity index (χ2v) is 4.68. The van der Waals surface area contributed by atoms with Crippen LogP contribution in [0.1, 0.15) is 5.56 Å². The molecule has 1 heterocycles.